The maximum Gasteiger partial charge on any atom is 0.306 e. The minimum atomic E-state index is -1.76. The second-order valence-corrected chi connectivity index (χ2v) is 15.9. The third-order valence-electron chi connectivity index (χ3n) is 10.6. The number of aliphatic hydroxyl groups excluding tert-OH is 7. The molecule has 0 aromatic carbocycles. The molecule has 0 aromatic heterocycles. The molecule has 2 rings (SSSR count). The molecular weight excluding hydrogens is 780 g/mol. The Labute approximate surface area is 357 Å². The van der Waals surface area contributed by atoms with Crippen molar-refractivity contribution in [2.75, 3.05) is 26.4 Å². The first-order valence-electron chi connectivity index (χ1n) is 22.6. The van der Waals surface area contributed by atoms with Crippen LogP contribution >= 0.6 is 0 Å². The second kappa shape index (κ2) is 33.3. The molecular formula is C45H78O15. The molecule has 2 saturated heterocycles. The van der Waals surface area contributed by atoms with E-state index in [0.717, 1.165) is 77.0 Å². The fraction of sp³-hybridized carbons (Fsp3) is 0.822. The van der Waals surface area contributed by atoms with Gasteiger partial charge in [-0.3, -0.25) is 9.59 Å². The van der Waals surface area contributed by atoms with Crippen molar-refractivity contribution < 1.29 is 73.8 Å². The van der Waals surface area contributed by atoms with Crippen molar-refractivity contribution >= 4 is 11.9 Å². The van der Waals surface area contributed by atoms with Gasteiger partial charge in [0.2, 0.25) is 0 Å². The summed E-state index contributed by atoms with van der Waals surface area (Å²) < 4.78 is 33.3. The Morgan fingerprint density at radius 2 is 1.00 bits per heavy atom. The average molecular weight is 859 g/mol. The lowest BCUT2D eigenvalue weighted by atomic mass is 9.98. The number of unbranched alkanes of at least 4 members (excludes halogenated alkanes) is 13. The van der Waals surface area contributed by atoms with Gasteiger partial charge >= 0.3 is 11.9 Å². The first-order valence-corrected chi connectivity index (χ1v) is 22.6. The van der Waals surface area contributed by atoms with Crippen molar-refractivity contribution in [1.82, 2.24) is 0 Å². The molecule has 2 fully saturated rings. The highest BCUT2D eigenvalue weighted by Gasteiger charge is 2.47. The number of ether oxygens (including phenoxy) is 6. The molecule has 15 heteroatoms. The van der Waals surface area contributed by atoms with Crippen LogP contribution in [-0.2, 0) is 38.0 Å². The maximum atomic E-state index is 12.9. The van der Waals surface area contributed by atoms with E-state index in [-0.39, 0.29) is 26.1 Å². The minimum Gasteiger partial charge on any atom is -0.462 e. The van der Waals surface area contributed by atoms with Gasteiger partial charge < -0.3 is 64.2 Å². The lowest BCUT2D eigenvalue weighted by Gasteiger charge is -2.42. The van der Waals surface area contributed by atoms with Gasteiger partial charge in [0.25, 0.3) is 0 Å². The first-order chi connectivity index (χ1) is 29.0. The van der Waals surface area contributed by atoms with Crippen molar-refractivity contribution in [3.05, 3.63) is 36.5 Å². The van der Waals surface area contributed by atoms with Crippen LogP contribution in [0.5, 0.6) is 0 Å². The Hall–Kier alpha value is -2.28. The molecule has 2 heterocycles. The van der Waals surface area contributed by atoms with Crippen LogP contribution in [-0.4, -0.2) is 142 Å². The summed E-state index contributed by atoms with van der Waals surface area (Å²) in [4.78, 5) is 25.4. The predicted octanol–water partition coefficient (Wildman–Crippen LogP) is 4.59. The van der Waals surface area contributed by atoms with Crippen LogP contribution in [0, 0.1) is 0 Å². The molecule has 11 atom stereocenters. The zero-order valence-corrected chi connectivity index (χ0v) is 36.2. The van der Waals surface area contributed by atoms with Crippen molar-refractivity contribution in [2.45, 2.75) is 210 Å². The molecule has 7 N–H and O–H groups in total. The summed E-state index contributed by atoms with van der Waals surface area (Å²) in [5, 5.41) is 71.6. The summed E-state index contributed by atoms with van der Waals surface area (Å²) >= 11 is 0. The number of aliphatic hydroxyl groups is 7. The van der Waals surface area contributed by atoms with E-state index in [2.05, 4.69) is 50.3 Å². The lowest BCUT2D eigenvalue weighted by molar-refractivity contribution is -0.332. The van der Waals surface area contributed by atoms with E-state index in [9.17, 15) is 45.3 Å². The molecule has 0 radical (unpaired) electrons. The van der Waals surface area contributed by atoms with Crippen molar-refractivity contribution in [3.8, 4) is 0 Å². The van der Waals surface area contributed by atoms with Gasteiger partial charge in [0.15, 0.2) is 18.7 Å². The average Bonchev–Trinajstić information content (AvgIpc) is 3.24. The topological polar surface area (TPSA) is 231 Å². The SMILES string of the molecule is CCCCC/C=C\C/C=C\C/C=C\CCCCCCCCC(=O)OC(COC(=O)CCCCCCC)COC1OC(COC2OC(CO)C(O)C(O)C2O)C(O)C(O)C1O. The van der Waals surface area contributed by atoms with Gasteiger partial charge in [0.1, 0.15) is 55.4 Å². The van der Waals surface area contributed by atoms with Gasteiger partial charge in [-0.15, -0.1) is 0 Å². The highest BCUT2D eigenvalue weighted by atomic mass is 16.7. The van der Waals surface area contributed by atoms with Crippen LogP contribution in [0.15, 0.2) is 36.5 Å². The Bertz CT molecular complexity index is 1200. The van der Waals surface area contributed by atoms with Gasteiger partial charge in [-0.2, -0.15) is 0 Å². The van der Waals surface area contributed by atoms with Crippen LogP contribution in [0.1, 0.15) is 142 Å². The Morgan fingerprint density at radius 3 is 1.60 bits per heavy atom. The maximum absolute atomic E-state index is 12.9. The normalized spacial score (nSPS) is 27.9. The summed E-state index contributed by atoms with van der Waals surface area (Å²) in [7, 11) is 0. The molecule has 0 amide bonds. The summed E-state index contributed by atoms with van der Waals surface area (Å²) in [6, 6.07) is 0. The molecule has 60 heavy (non-hydrogen) atoms. The van der Waals surface area contributed by atoms with Crippen molar-refractivity contribution in [1.29, 1.82) is 0 Å². The fourth-order valence-electron chi connectivity index (χ4n) is 6.81. The lowest BCUT2D eigenvalue weighted by Crippen LogP contribution is -2.61. The molecule has 348 valence electrons. The summed E-state index contributed by atoms with van der Waals surface area (Å²) in [5.41, 5.74) is 0. The molecule has 0 spiro atoms. The standard InChI is InChI=1S/C45H78O15/c1-3-5-7-9-10-11-12-13-14-15-16-17-18-19-20-21-22-24-26-28-37(48)58-33(30-55-36(47)27-25-23-8-6-4-2)31-56-44-43(54)41(52)39(50)35(60-44)32-57-45-42(53)40(51)38(49)34(29-46)59-45/h10-11,13-14,16-17,33-35,38-46,49-54H,3-9,12,15,18-32H2,1-2H3/b11-10-,14-13-,17-16-. The molecule has 2 aliphatic rings. The molecule has 15 nitrogen and oxygen atoms in total. The van der Waals surface area contributed by atoms with Crippen LogP contribution < -0.4 is 0 Å². The fourth-order valence-corrected chi connectivity index (χ4v) is 6.81. The van der Waals surface area contributed by atoms with Crippen LogP contribution in [0.4, 0.5) is 0 Å². The Morgan fingerprint density at radius 1 is 0.533 bits per heavy atom. The quantitative estimate of drug-likeness (QED) is 0.0272. The molecule has 0 bridgehead atoms. The van der Waals surface area contributed by atoms with Gasteiger partial charge in [0, 0.05) is 12.8 Å². The first kappa shape index (κ1) is 53.9. The van der Waals surface area contributed by atoms with Crippen LogP contribution in [0.25, 0.3) is 0 Å². The van der Waals surface area contributed by atoms with E-state index >= 15 is 0 Å². The second-order valence-electron chi connectivity index (χ2n) is 15.9. The molecule has 0 saturated carbocycles. The van der Waals surface area contributed by atoms with Crippen molar-refractivity contribution in [2.24, 2.45) is 0 Å². The van der Waals surface area contributed by atoms with Gasteiger partial charge in [0.05, 0.1) is 19.8 Å². The van der Waals surface area contributed by atoms with Gasteiger partial charge in [-0.05, 0) is 51.4 Å². The summed E-state index contributed by atoms with van der Waals surface area (Å²) in [6.07, 6.45) is 15.3. The third-order valence-corrected chi connectivity index (χ3v) is 10.6. The molecule has 0 aromatic rings. The Kier molecular flexibility index (Phi) is 29.9. The largest absolute Gasteiger partial charge is 0.462 e. The molecule has 11 unspecified atom stereocenters. The number of carbonyl (C=O) groups is 2. The van der Waals surface area contributed by atoms with E-state index in [1.807, 2.05) is 0 Å². The zero-order valence-electron chi connectivity index (χ0n) is 36.2. The number of hydrogen-bond donors (Lipinski definition) is 7. The Balaban J connectivity index is 1.79. The number of esters is 2. The van der Waals surface area contributed by atoms with E-state index < -0.39 is 92.7 Å². The minimum absolute atomic E-state index is 0.150. The number of rotatable bonds is 33. The monoisotopic (exact) mass is 859 g/mol. The van der Waals surface area contributed by atoms with E-state index in [1.165, 1.54) is 25.7 Å². The zero-order chi connectivity index (χ0) is 44.0. The number of allylic oxidation sites excluding steroid dienone is 6. The highest BCUT2D eigenvalue weighted by Crippen LogP contribution is 2.26. The smallest absolute Gasteiger partial charge is 0.306 e. The van der Waals surface area contributed by atoms with E-state index in [0.29, 0.717) is 12.8 Å². The van der Waals surface area contributed by atoms with E-state index in [1.54, 1.807) is 0 Å². The van der Waals surface area contributed by atoms with Crippen molar-refractivity contribution in [3.63, 3.8) is 0 Å². The van der Waals surface area contributed by atoms with Gasteiger partial charge in [-0.25, -0.2) is 0 Å². The number of carbonyl (C=O) groups excluding carboxylic acids is 2. The van der Waals surface area contributed by atoms with Crippen LogP contribution in [0.3, 0.4) is 0 Å². The van der Waals surface area contributed by atoms with Crippen LogP contribution in [0.2, 0.25) is 0 Å². The number of hydrogen-bond acceptors (Lipinski definition) is 15. The van der Waals surface area contributed by atoms with E-state index in [4.69, 9.17) is 28.4 Å². The predicted molar refractivity (Wildman–Crippen MR) is 224 cm³/mol. The molecule has 2 aliphatic heterocycles. The highest BCUT2D eigenvalue weighted by molar-refractivity contribution is 5.70. The van der Waals surface area contributed by atoms with Gasteiger partial charge in [-0.1, -0.05) is 115 Å². The third kappa shape index (κ3) is 22.2. The summed E-state index contributed by atoms with van der Waals surface area (Å²) in [5.74, 6) is -0.956. The summed E-state index contributed by atoms with van der Waals surface area (Å²) in [6.45, 7) is 2.42. The molecule has 0 aliphatic carbocycles.